The number of carbonyl (C=O) groups is 1. The van der Waals surface area contributed by atoms with Gasteiger partial charge in [0.15, 0.2) is 5.78 Å². The normalized spacial score (nSPS) is 16.1. The third kappa shape index (κ3) is 4.20. The van der Waals surface area contributed by atoms with Gasteiger partial charge >= 0.3 is 0 Å². The summed E-state index contributed by atoms with van der Waals surface area (Å²) in [6, 6.07) is 5.08. The van der Waals surface area contributed by atoms with Crippen LogP contribution in [0.15, 0.2) is 18.2 Å². The number of halogens is 1. The lowest BCUT2D eigenvalue weighted by molar-refractivity contribution is 0.0313. The Morgan fingerprint density at radius 2 is 2.15 bits per heavy atom. The fourth-order valence-corrected chi connectivity index (χ4v) is 2.45. The number of ketones is 1. The second kappa shape index (κ2) is 7.62. The van der Waals surface area contributed by atoms with E-state index in [9.17, 15) is 4.79 Å². The molecule has 1 aliphatic heterocycles. The maximum absolute atomic E-state index is 12.1. The van der Waals surface area contributed by atoms with Gasteiger partial charge in [-0.2, -0.15) is 0 Å². The first-order chi connectivity index (χ1) is 9.70. The quantitative estimate of drug-likeness (QED) is 0.820. The molecular weight excluding hydrogens is 278 g/mol. The number of hydrogen-bond donors (Lipinski definition) is 1. The van der Waals surface area contributed by atoms with Gasteiger partial charge in [-0.15, -0.1) is 0 Å². The van der Waals surface area contributed by atoms with Gasteiger partial charge in [0.05, 0.1) is 24.8 Å². The second-order valence-electron chi connectivity index (χ2n) is 4.84. The molecule has 0 bridgehead atoms. The van der Waals surface area contributed by atoms with Gasteiger partial charge in [-0.1, -0.05) is 11.6 Å². The molecule has 0 radical (unpaired) electrons. The summed E-state index contributed by atoms with van der Waals surface area (Å²) in [5, 5.41) is 3.79. The first-order valence-electron chi connectivity index (χ1n) is 6.90. The highest BCUT2D eigenvalue weighted by molar-refractivity contribution is 6.32. The molecule has 1 fully saturated rings. The Balaban J connectivity index is 1.82. The van der Waals surface area contributed by atoms with Crippen LogP contribution in [0.25, 0.3) is 0 Å². The minimum Gasteiger partial charge on any atom is -0.495 e. The zero-order valence-electron chi connectivity index (χ0n) is 11.7. The van der Waals surface area contributed by atoms with Crippen LogP contribution in [-0.2, 0) is 4.74 Å². The Morgan fingerprint density at radius 1 is 1.40 bits per heavy atom. The fraction of sp³-hybridized carbons (Fsp3) is 0.533. The van der Waals surface area contributed by atoms with Crippen molar-refractivity contribution in [1.29, 1.82) is 0 Å². The minimum absolute atomic E-state index is 0.0499. The van der Waals surface area contributed by atoms with Crippen molar-refractivity contribution < 1.29 is 14.3 Å². The first-order valence-corrected chi connectivity index (χ1v) is 7.27. The molecule has 1 aromatic carbocycles. The van der Waals surface area contributed by atoms with Crippen LogP contribution in [0.3, 0.4) is 0 Å². The molecule has 5 heteroatoms. The Kier molecular flexibility index (Phi) is 5.83. The standard InChI is InChI=1S/C15H20ClNO3/c1-19-15-10-11(2-3-13(15)16)14(18)6-9-20-12-4-7-17-8-5-12/h2-3,10,12,17H,4-9H2,1H3. The Morgan fingerprint density at radius 3 is 2.85 bits per heavy atom. The van der Waals surface area contributed by atoms with Crippen LogP contribution in [0.5, 0.6) is 5.75 Å². The molecule has 0 aliphatic carbocycles. The summed E-state index contributed by atoms with van der Waals surface area (Å²) in [5.74, 6) is 0.575. The summed E-state index contributed by atoms with van der Waals surface area (Å²) in [5.41, 5.74) is 0.611. The monoisotopic (exact) mass is 297 g/mol. The molecule has 1 aliphatic rings. The van der Waals surface area contributed by atoms with Gasteiger partial charge in [-0.05, 0) is 44.1 Å². The average Bonchev–Trinajstić information content (AvgIpc) is 2.48. The molecule has 0 aromatic heterocycles. The van der Waals surface area contributed by atoms with E-state index in [1.165, 1.54) is 7.11 Å². The molecule has 110 valence electrons. The van der Waals surface area contributed by atoms with Crippen molar-refractivity contribution >= 4 is 17.4 Å². The topological polar surface area (TPSA) is 47.6 Å². The number of ether oxygens (including phenoxy) is 2. The lowest BCUT2D eigenvalue weighted by Crippen LogP contribution is -2.32. The zero-order valence-corrected chi connectivity index (χ0v) is 12.4. The van der Waals surface area contributed by atoms with E-state index in [4.69, 9.17) is 21.1 Å². The van der Waals surface area contributed by atoms with Crippen LogP contribution in [0.4, 0.5) is 0 Å². The Bertz CT molecular complexity index is 458. The molecule has 1 heterocycles. The molecule has 20 heavy (non-hydrogen) atoms. The summed E-state index contributed by atoms with van der Waals surface area (Å²) in [7, 11) is 1.54. The van der Waals surface area contributed by atoms with E-state index in [1.807, 2.05) is 0 Å². The largest absolute Gasteiger partial charge is 0.495 e. The van der Waals surface area contributed by atoms with Crippen molar-refractivity contribution in [2.45, 2.75) is 25.4 Å². The van der Waals surface area contributed by atoms with Crippen LogP contribution in [-0.4, -0.2) is 38.7 Å². The van der Waals surface area contributed by atoms with Gasteiger partial charge in [0.2, 0.25) is 0 Å². The number of nitrogens with one attached hydrogen (secondary N) is 1. The van der Waals surface area contributed by atoms with E-state index < -0.39 is 0 Å². The molecule has 1 aromatic rings. The summed E-state index contributed by atoms with van der Waals surface area (Å²) in [6.45, 7) is 2.45. The number of benzene rings is 1. The van der Waals surface area contributed by atoms with E-state index in [2.05, 4.69) is 5.32 Å². The predicted octanol–water partition coefficient (Wildman–Crippen LogP) is 2.69. The molecule has 0 amide bonds. The van der Waals surface area contributed by atoms with E-state index in [0.29, 0.717) is 29.4 Å². The van der Waals surface area contributed by atoms with Crippen molar-refractivity contribution in [2.24, 2.45) is 0 Å². The lowest BCUT2D eigenvalue weighted by atomic mass is 10.1. The number of carbonyl (C=O) groups excluding carboxylic acids is 1. The lowest BCUT2D eigenvalue weighted by Gasteiger charge is -2.22. The van der Waals surface area contributed by atoms with Crippen molar-refractivity contribution in [3.05, 3.63) is 28.8 Å². The van der Waals surface area contributed by atoms with Crippen LogP contribution in [0.2, 0.25) is 5.02 Å². The minimum atomic E-state index is 0.0499. The zero-order chi connectivity index (χ0) is 14.4. The highest BCUT2D eigenvalue weighted by atomic mass is 35.5. The van der Waals surface area contributed by atoms with Crippen molar-refractivity contribution in [1.82, 2.24) is 5.32 Å². The van der Waals surface area contributed by atoms with Crippen LogP contribution < -0.4 is 10.1 Å². The maximum Gasteiger partial charge on any atom is 0.165 e. The van der Waals surface area contributed by atoms with Crippen LogP contribution >= 0.6 is 11.6 Å². The van der Waals surface area contributed by atoms with Gasteiger partial charge < -0.3 is 14.8 Å². The van der Waals surface area contributed by atoms with Gasteiger partial charge in [-0.3, -0.25) is 4.79 Å². The SMILES string of the molecule is COc1cc(C(=O)CCOC2CCNCC2)ccc1Cl. The van der Waals surface area contributed by atoms with Gasteiger partial charge in [0, 0.05) is 12.0 Å². The third-order valence-corrected chi connectivity index (χ3v) is 3.75. The van der Waals surface area contributed by atoms with Crippen LogP contribution in [0, 0.1) is 0 Å². The number of rotatable bonds is 6. The molecule has 0 saturated carbocycles. The maximum atomic E-state index is 12.1. The molecule has 4 nitrogen and oxygen atoms in total. The third-order valence-electron chi connectivity index (χ3n) is 3.44. The smallest absolute Gasteiger partial charge is 0.165 e. The Hall–Kier alpha value is -1.10. The number of piperidine rings is 1. The number of Topliss-reactive ketones (excluding diaryl/α,β-unsaturated/α-hetero) is 1. The highest BCUT2D eigenvalue weighted by Crippen LogP contribution is 2.25. The Labute approximate surface area is 124 Å². The van der Waals surface area contributed by atoms with Gasteiger partial charge in [0.1, 0.15) is 5.75 Å². The summed E-state index contributed by atoms with van der Waals surface area (Å²) in [6.07, 6.45) is 2.70. The summed E-state index contributed by atoms with van der Waals surface area (Å²) < 4.78 is 10.9. The molecule has 2 rings (SSSR count). The van der Waals surface area contributed by atoms with Crippen molar-refractivity contribution in [2.75, 3.05) is 26.8 Å². The van der Waals surface area contributed by atoms with E-state index >= 15 is 0 Å². The van der Waals surface area contributed by atoms with Crippen molar-refractivity contribution in [3.63, 3.8) is 0 Å². The average molecular weight is 298 g/mol. The molecule has 0 unspecified atom stereocenters. The fourth-order valence-electron chi connectivity index (χ4n) is 2.26. The summed E-state index contributed by atoms with van der Waals surface area (Å²) in [4.78, 5) is 12.1. The molecule has 1 saturated heterocycles. The van der Waals surface area contributed by atoms with E-state index in [-0.39, 0.29) is 11.9 Å². The van der Waals surface area contributed by atoms with Gasteiger partial charge in [-0.25, -0.2) is 0 Å². The van der Waals surface area contributed by atoms with Gasteiger partial charge in [0.25, 0.3) is 0 Å². The summed E-state index contributed by atoms with van der Waals surface area (Å²) >= 11 is 5.94. The molecular formula is C15H20ClNO3. The first kappa shape index (κ1) is 15.3. The highest BCUT2D eigenvalue weighted by Gasteiger charge is 2.14. The molecule has 0 atom stereocenters. The van der Waals surface area contributed by atoms with E-state index in [0.717, 1.165) is 25.9 Å². The van der Waals surface area contributed by atoms with Crippen molar-refractivity contribution in [3.8, 4) is 5.75 Å². The second-order valence-corrected chi connectivity index (χ2v) is 5.25. The van der Waals surface area contributed by atoms with E-state index in [1.54, 1.807) is 18.2 Å². The number of hydrogen-bond acceptors (Lipinski definition) is 4. The van der Waals surface area contributed by atoms with Crippen LogP contribution in [0.1, 0.15) is 29.6 Å². The molecule has 1 N–H and O–H groups in total. The number of methoxy groups -OCH3 is 1. The predicted molar refractivity (Wildman–Crippen MR) is 78.8 cm³/mol. The molecule has 0 spiro atoms.